The van der Waals surface area contributed by atoms with Crippen molar-refractivity contribution in [2.75, 3.05) is 18.1 Å². The molecule has 2 aromatic carbocycles. The van der Waals surface area contributed by atoms with Crippen LogP contribution in [0.25, 0.3) is 11.3 Å². The quantitative estimate of drug-likeness (QED) is 0.314. The highest BCUT2D eigenvalue weighted by molar-refractivity contribution is 7.16. The number of esters is 1. The van der Waals surface area contributed by atoms with Crippen LogP contribution < -0.4 is 4.90 Å². The molecule has 2 heterocycles. The lowest BCUT2D eigenvalue weighted by atomic mass is 10.1. The second-order valence-corrected chi connectivity index (χ2v) is 8.94. The first-order valence-corrected chi connectivity index (χ1v) is 11.8. The van der Waals surface area contributed by atoms with Gasteiger partial charge >= 0.3 is 5.97 Å². The maximum atomic E-state index is 13.5. The van der Waals surface area contributed by atoms with Crippen molar-refractivity contribution >= 4 is 28.3 Å². The first kappa shape index (κ1) is 23.4. The lowest BCUT2D eigenvalue weighted by Crippen LogP contribution is -2.32. The molecule has 0 bridgehead atoms. The Hall–Kier alpha value is -3.78. The fourth-order valence-corrected chi connectivity index (χ4v) is 4.35. The Balaban J connectivity index is 1.64. The number of nitrogens with zero attached hydrogens (tertiary/aromatic N) is 3. The van der Waals surface area contributed by atoms with Gasteiger partial charge in [0.1, 0.15) is 5.69 Å². The monoisotopic (exact) mass is 475 g/mol. The third-order valence-corrected chi connectivity index (χ3v) is 6.26. The fraction of sp³-hybridized carbons (Fsp3) is 0.231. The first-order chi connectivity index (χ1) is 16.5. The Morgan fingerprint density at radius 1 is 1.06 bits per heavy atom. The lowest BCUT2D eigenvalue weighted by Gasteiger charge is -2.18. The summed E-state index contributed by atoms with van der Waals surface area (Å²) >= 11 is 1.27. The average Bonchev–Trinajstić information content (AvgIpc) is 3.48. The summed E-state index contributed by atoms with van der Waals surface area (Å²) in [4.78, 5) is 32.5. The van der Waals surface area contributed by atoms with E-state index in [2.05, 4.69) is 10.1 Å². The second kappa shape index (κ2) is 10.4. The van der Waals surface area contributed by atoms with Crippen LogP contribution in [-0.4, -0.2) is 35.2 Å². The Morgan fingerprint density at radius 2 is 1.79 bits per heavy atom. The minimum Gasteiger partial charge on any atom is -0.461 e. The third kappa shape index (κ3) is 5.23. The van der Waals surface area contributed by atoms with Crippen molar-refractivity contribution in [2.24, 2.45) is 0 Å². The van der Waals surface area contributed by atoms with Crippen molar-refractivity contribution in [2.45, 2.75) is 27.2 Å². The number of anilines is 1. The minimum absolute atomic E-state index is 0.106. The van der Waals surface area contributed by atoms with Crippen molar-refractivity contribution in [3.63, 3.8) is 0 Å². The van der Waals surface area contributed by atoms with Gasteiger partial charge in [-0.2, -0.15) is 0 Å². The van der Waals surface area contributed by atoms with E-state index in [9.17, 15) is 9.59 Å². The van der Waals surface area contributed by atoms with Crippen molar-refractivity contribution < 1.29 is 18.8 Å². The number of hydrogen-bond donors (Lipinski definition) is 0. The molecule has 0 saturated heterocycles. The van der Waals surface area contributed by atoms with E-state index in [0.29, 0.717) is 28.7 Å². The number of aryl methyl sites for hydroxylation is 2. The molecule has 0 radical (unpaired) electrons. The van der Waals surface area contributed by atoms with Gasteiger partial charge in [-0.3, -0.25) is 9.69 Å². The molecule has 2 aromatic heterocycles. The summed E-state index contributed by atoms with van der Waals surface area (Å²) < 4.78 is 10.5. The summed E-state index contributed by atoms with van der Waals surface area (Å²) in [6.07, 6.45) is 0.610. The highest BCUT2D eigenvalue weighted by Crippen LogP contribution is 2.29. The molecule has 7 nitrogen and oxygen atoms in total. The van der Waals surface area contributed by atoms with Crippen LogP contribution in [0.1, 0.15) is 44.0 Å². The summed E-state index contributed by atoms with van der Waals surface area (Å²) in [7, 11) is 0. The number of ether oxygens (including phenoxy) is 1. The SMILES string of the molecule is CCOC(=O)c1nc(N(CCc2ccccc2)C(=O)c2cc(-c3ccc(C)cc3)no2)sc1C. The van der Waals surface area contributed by atoms with Crippen LogP contribution in [0.3, 0.4) is 0 Å². The zero-order valence-corrected chi connectivity index (χ0v) is 20.1. The third-order valence-electron chi connectivity index (χ3n) is 5.27. The van der Waals surface area contributed by atoms with E-state index >= 15 is 0 Å². The molecule has 0 spiro atoms. The highest BCUT2D eigenvalue weighted by atomic mass is 32.1. The van der Waals surface area contributed by atoms with Crippen molar-refractivity contribution in [1.29, 1.82) is 0 Å². The van der Waals surface area contributed by atoms with Gasteiger partial charge in [0.2, 0.25) is 5.76 Å². The maximum Gasteiger partial charge on any atom is 0.358 e. The number of hydrogen-bond acceptors (Lipinski definition) is 7. The molecule has 1 amide bonds. The first-order valence-electron chi connectivity index (χ1n) is 11.0. The smallest absolute Gasteiger partial charge is 0.358 e. The number of benzene rings is 2. The summed E-state index contributed by atoms with van der Waals surface area (Å²) in [6.45, 7) is 6.15. The van der Waals surface area contributed by atoms with Gasteiger partial charge in [-0.05, 0) is 32.8 Å². The van der Waals surface area contributed by atoms with Gasteiger partial charge in [-0.15, -0.1) is 11.3 Å². The van der Waals surface area contributed by atoms with E-state index in [1.165, 1.54) is 16.2 Å². The van der Waals surface area contributed by atoms with Crippen LogP contribution in [0, 0.1) is 13.8 Å². The van der Waals surface area contributed by atoms with Crippen LogP contribution in [0.4, 0.5) is 5.13 Å². The van der Waals surface area contributed by atoms with Gasteiger partial charge in [-0.1, -0.05) is 65.3 Å². The Labute approximate surface area is 202 Å². The van der Waals surface area contributed by atoms with Crippen LogP contribution in [0.15, 0.2) is 65.2 Å². The zero-order valence-electron chi connectivity index (χ0n) is 19.3. The van der Waals surface area contributed by atoms with E-state index in [4.69, 9.17) is 9.26 Å². The molecule has 4 rings (SSSR count). The van der Waals surface area contributed by atoms with Crippen LogP contribution >= 0.6 is 11.3 Å². The average molecular weight is 476 g/mol. The number of aromatic nitrogens is 2. The Kier molecular flexibility index (Phi) is 7.18. The molecule has 34 heavy (non-hydrogen) atoms. The second-order valence-electron chi connectivity index (χ2n) is 7.76. The van der Waals surface area contributed by atoms with Gasteiger partial charge in [0.15, 0.2) is 10.8 Å². The van der Waals surface area contributed by atoms with Crippen molar-refractivity contribution in [3.8, 4) is 11.3 Å². The molecule has 0 atom stereocenters. The van der Waals surface area contributed by atoms with Crippen LogP contribution in [-0.2, 0) is 11.2 Å². The number of rotatable bonds is 8. The molecule has 0 unspecified atom stereocenters. The molecule has 0 saturated carbocycles. The van der Waals surface area contributed by atoms with Crippen LogP contribution in [0.5, 0.6) is 0 Å². The van der Waals surface area contributed by atoms with Crippen LogP contribution in [0.2, 0.25) is 0 Å². The normalized spacial score (nSPS) is 10.8. The lowest BCUT2D eigenvalue weighted by molar-refractivity contribution is 0.0519. The summed E-state index contributed by atoms with van der Waals surface area (Å²) in [5.74, 6) is -0.764. The number of carbonyl (C=O) groups excluding carboxylic acids is 2. The standard InChI is InChI=1S/C26H25N3O4S/c1-4-32-25(31)23-18(3)34-26(27-23)29(15-14-19-8-6-5-7-9-19)24(30)22-16-21(28-33-22)20-12-10-17(2)11-13-20/h5-13,16H,4,14-15H2,1-3H3. The molecule has 4 aromatic rings. The predicted molar refractivity (Wildman–Crippen MR) is 131 cm³/mol. The summed E-state index contributed by atoms with van der Waals surface area (Å²) in [5.41, 5.74) is 3.87. The Morgan fingerprint density at radius 3 is 2.50 bits per heavy atom. The number of amides is 1. The molecule has 8 heteroatoms. The van der Waals surface area contributed by atoms with Gasteiger partial charge in [-0.25, -0.2) is 9.78 Å². The van der Waals surface area contributed by atoms with E-state index < -0.39 is 5.97 Å². The number of thiazole rings is 1. The fourth-order valence-electron chi connectivity index (χ4n) is 3.43. The van der Waals surface area contributed by atoms with Gasteiger partial charge in [0.05, 0.1) is 6.61 Å². The van der Waals surface area contributed by atoms with E-state index in [0.717, 1.165) is 16.7 Å². The number of carbonyl (C=O) groups is 2. The molecule has 0 aliphatic heterocycles. The maximum absolute atomic E-state index is 13.5. The van der Waals surface area contributed by atoms with E-state index in [1.807, 2.05) is 61.5 Å². The Bertz CT molecular complexity index is 1280. The van der Waals surface area contributed by atoms with E-state index in [-0.39, 0.29) is 24.0 Å². The van der Waals surface area contributed by atoms with Crippen molar-refractivity contribution in [3.05, 3.63) is 88.1 Å². The summed E-state index contributed by atoms with van der Waals surface area (Å²) in [6, 6.07) is 19.3. The molecular formula is C26H25N3O4S. The topological polar surface area (TPSA) is 85.5 Å². The molecular weight excluding hydrogens is 450 g/mol. The van der Waals surface area contributed by atoms with Gasteiger partial charge in [0, 0.05) is 23.1 Å². The van der Waals surface area contributed by atoms with Crippen molar-refractivity contribution in [1.82, 2.24) is 10.1 Å². The predicted octanol–water partition coefficient (Wildman–Crippen LogP) is 5.48. The highest BCUT2D eigenvalue weighted by Gasteiger charge is 2.27. The molecule has 0 fully saturated rings. The summed E-state index contributed by atoms with van der Waals surface area (Å²) in [5, 5.41) is 4.51. The minimum atomic E-state index is -0.501. The zero-order chi connectivity index (χ0) is 24.1. The van der Waals surface area contributed by atoms with E-state index in [1.54, 1.807) is 19.9 Å². The largest absolute Gasteiger partial charge is 0.461 e. The molecule has 0 N–H and O–H groups in total. The van der Waals surface area contributed by atoms with Gasteiger partial charge < -0.3 is 9.26 Å². The molecule has 174 valence electrons. The molecule has 0 aliphatic rings. The van der Waals surface area contributed by atoms with Gasteiger partial charge in [0.25, 0.3) is 5.91 Å². The molecule has 0 aliphatic carbocycles.